The monoisotopic (exact) mass is 423 g/mol. The molecular formula is C24H45N3O3. The Labute approximate surface area is 184 Å². The predicted molar refractivity (Wildman–Crippen MR) is 122 cm³/mol. The van der Waals surface area contributed by atoms with E-state index in [1.807, 2.05) is 11.8 Å². The lowest BCUT2D eigenvalue weighted by Crippen LogP contribution is -2.56. The van der Waals surface area contributed by atoms with Gasteiger partial charge >= 0.3 is 0 Å². The third-order valence-electron chi connectivity index (χ3n) is 6.94. The highest BCUT2D eigenvalue weighted by Gasteiger charge is 2.35. The minimum atomic E-state index is -0.570. The van der Waals surface area contributed by atoms with E-state index in [2.05, 4.69) is 23.6 Å². The summed E-state index contributed by atoms with van der Waals surface area (Å²) in [5, 5.41) is 11.0. The van der Waals surface area contributed by atoms with Crippen molar-refractivity contribution in [2.24, 2.45) is 0 Å². The molecule has 6 nitrogen and oxygen atoms in total. The summed E-state index contributed by atoms with van der Waals surface area (Å²) in [6.45, 7) is 12.3. The van der Waals surface area contributed by atoms with E-state index in [-0.39, 0.29) is 5.91 Å². The molecule has 2 aliphatic heterocycles. The summed E-state index contributed by atoms with van der Waals surface area (Å²) in [6.07, 6.45) is 8.92. The topological polar surface area (TPSA) is 64.1 Å². The first kappa shape index (κ1) is 25.3. The second-order valence-electron chi connectivity index (χ2n) is 9.67. The van der Waals surface area contributed by atoms with E-state index in [1.165, 1.54) is 0 Å². The third-order valence-corrected chi connectivity index (χ3v) is 6.94. The largest absolute Gasteiger partial charge is 0.388 e. The molecule has 0 aromatic rings. The molecule has 0 aromatic carbocycles. The molecule has 0 spiro atoms. The van der Waals surface area contributed by atoms with Crippen LogP contribution in [0.2, 0.25) is 0 Å². The number of rotatable bonds is 12. The van der Waals surface area contributed by atoms with Crippen LogP contribution >= 0.6 is 0 Å². The maximum absolute atomic E-state index is 12.5. The number of carbonyl (C=O) groups excluding carboxylic acids is 2. The average molecular weight is 424 g/mol. The van der Waals surface area contributed by atoms with E-state index < -0.39 is 5.60 Å². The average Bonchev–Trinajstić information content (AvgIpc) is 2.73. The fourth-order valence-corrected chi connectivity index (χ4v) is 4.65. The van der Waals surface area contributed by atoms with Crippen molar-refractivity contribution < 1.29 is 14.7 Å². The molecule has 1 N–H and O–H groups in total. The third kappa shape index (κ3) is 8.64. The lowest BCUT2D eigenvalue weighted by molar-refractivity contribution is -0.133. The van der Waals surface area contributed by atoms with Crippen LogP contribution in [0.25, 0.3) is 0 Å². The number of hydrogen-bond acceptors (Lipinski definition) is 5. The highest BCUT2D eigenvalue weighted by Crippen LogP contribution is 2.25. The molecule has 0 atom stereocenters. The molecule has 174 valence electrons. The van der Waals surface area contributed by atoms with E-state index >= 15 is 0 Å². The van der Waals surface area contributed by atoms with Crippen LogP contribution in [-0.4, -0.2) is 89.0 Å². The number of likely N-dealkylation sites (tertiary alicyclic amines) is 1. The molecule has 2 rings (SSSR count). The number of hydrogen-bond donors (Lipinski definition) is 1. The molecule has 30 heavy (non-hydrogen) atoms. The zero-order valence-corrected chi connectivity index (χ0v) is 19.7. The van der Waals surface area contributed by atoms with Crippen LogP contribution < -0.4 is 0 Å². The molecule has 2 saturated heterocycles. The molecule has 0 aromatic heterocycles. The number of unbranched alkanes of at least 4 members (excludes halogenated alkanes) is 4. The quantitative estimate of drug-likeness (QED) is 0.489. The van der Waals surface area contributed by atoms with Gasteiger partial charge in [0.1, 0.15) is 5.78 Å². The van der Waals surface area contributed by atoms with Crippen molar-refractivity contribution in [1.29, 1.82) is 0 Å². The van der Waals surface area contributed by atoms with Gasteiger partial charge in [0.05, 0.1) is 5.60 Å². The van der Waals surface area contributed by atoms with Gasteiger partial charge in [0, 0.05) is 71.1 Å². The standard InChI is InChI=1S/C24H45N3O3/c1-4-22(28)10-8-6-5-7-9-11-23(29)27-18-16-25(17-19-27)20-24(30)12-14-26(15-13-24)21(2)3/h21,30H,4-20H2,1-3H3. The summed E-state index contributed by atoms with van der Waals surface area (Å²) >= 11 is 0. The number of piperazine rings is 1. The number of aliphatic hydroxyl groups is 1. The van der Waals surface area contributed by atoms with Gasteiger partial charge in [-0.25, -0.2) is 0 Å². The smallest absolute Gasteiger partial charge is 0.222 e. The highest BCUT2D eigenvalue weighted by atomic mass is 16.3. The summed E-state index contributed by atoms with van der Waals surface area (Å²) in [5.41, 5.74) is -0.570. The molecule has 1 amide bonds. The van der Waals surface area contributed by atoms with E-state index in [9.17, 15) is 14.7 Å². The van der Waals surface area contributed by atoms with Gasteiger partial charge in [-0.1, -0.05) is 26.2 Å². The van der Waals surface area contributed by atoms with E-state index in [0.717, 1.165) is 90.8 Å². The summed E-state index contributed by atoms with van der Waals surface area (Å²) < 4.78 is 0. The van der Waals surface area contributed by atoms with Crippen molar-refractivity contribution >= 4 is 11.7 Å². The number of ketones is 1. The first-order valence-electron chi connectivity index (χ1n) is 12.3. The van der Waals surface area contributed by atoms with Crippen LogP contribution in [0.1, 0.15) is 85.0 Å². The maximum Gasteiger partial charge on any atom is 0.222 e. The molecule has 2 heterocycles. The van der Waals surface area contributed by atoms with Crippen molar-refractivity contribution in [3.05, 3.63) is 0 Å². The SMILES string of the molecule is CCC(=O)CCCCCCCC(=O)N1CCN(CC2(O)CCN(C(C)C)CC2)CC1. The molecular weight excluding hydrogens is 378 g/mol. The lowest BCUT2D eigenvalue weighted by atomic mass is 9.90. The van der Waals surface area contributed by atoms with Gasteiger partial charge in [0.15, 0.2) is 0 Å². The Morgan fingerprint density at radius 1 is 0.867 bits per heavy atom. The first-order valence-corrected chi connectivity index (χ1v) is 12.3. The van der Waals surface area contributed by atoms with Crippen LogP contribution in [-0.2, 0) is 9.59 Å². The van der Waals surface area contributed by atoms with Gasteiger partial charge in [-0.05, 0) is 39.5 Å². The fourth-order valence-electron chi connectivity index (χ4n) is 4.65. The van der Waals surface area contributed by atoms with Crippen molar-refractivity contribution in [2.75, 3.05) is 45.8 Å². The number of Topliss-reactive ketones (excluding diaryl/α,β-unsaturated/α-hetero) is 1. The predicted octanol–water partition coefficient (Wildman–Crippen LogP) is 3.08. The number of amides is 1. The summed E-state index contributed by atoms with van der Waals surface area (Å²) in [7, 11) is 0. The normalized spacial score (nSPS) is 20.6. The Bertz CT molecular complexity index is 522. The van der Waals surface area contributed by atoms with Gasteiger partial charge < -0.3 is 14.9 Å². The van der Waals surface area contributed by atoms with Gasteiger partial charge in [0.25, 0.3) is 0 Å². The van der Waals surface area contributed by atoms with Crippen LogP contribution in [0.3, 0.4) is 0 Å². The van der Waals surface area contributed by atoms with Crippen molar-refractivity contribution in [2.45, 2.75) is 96.6 Å². The summed E-state index contributed by atoms with van der Waals surface area (Å²) in [5.74, 6) is 0.636. The number of carbonyl (C=O) groups is 2. The zero-order valence-electron chi connectivity index (χ0n) is 19.7. The second-order valence-corrected chi connectivity index (χ2v) is 9.67. The fraction of sp³-hybridized carbons (Fsp3) is 0.917. The maximum atomic E-state index is 12.5. The Balaban J connectivity index is 1.56. The molecule has 0 bridgehead atoms. The first-order chi connectivity index (χ1) is 14.3. The number of nitrogens with zero attached hydrogens (tertiary/aromatic N) is 3. The molecule has 6 heteroatoms. The molecule has 2 fully saturated rings. The van der Waals surface area contributed by atoms with E-state index in [1.54, 1.807) is 0 Å². The summed E-state index contributed by atoms with van der Waals surface area (Å²) in [6, 6.07) is 0.550. The Hall–Kier alpha value is -0.980. The minimum absolute atomic E-state index is 0.278. The van der Waals surface area contributed by atoms with Gasteiger partial charge in [0.2, 0.25) is 5.91 Å². The Kier molecular flexibility index (Phi) is 10.8. The molecule has 0 saturated carbocycles. The Morgan fingerprint density at radius 3 is 2.00 bits per heavy atom. The van der Waals surface area contributed by atoms with E-state index in [4.69, 9.17) is 0 Å². The van der Waals surface area contributed by atoms with Gasteiger partial charge in [-0.15, -0.1) is 0 Å². The molecule has 0 radical (unpaired) electrons. The molecule has 2 aliphatic rings. The van der Waals surface area contributed by atoms with Crippen molar-refractivity contribution in [3.8, 4) is 0 Å². The van der Waals surface area contributed by atoms with Gasteiger partial charge in [-0.2, -0.15) is 0 Å². The molecule has 0 unspecified atom stereocenters. The van der Waals surface area contributed by atoms with Crippen molar-refractivity contribution in [3.63, 3.8) is 0 Å². The van der Waals surface area contributed by atoms with Crippen LogP contribution in [0.15, 0.2) is 0 Å². The molecule has 0 aliphatic carbocycles. The zero-order chi connectivity index (χ0) is 22.0. The van der Waals surface area contributed by atoms with E-state index in [0.29, 0.717) is 31.1 Å². The summed E-state index contributed by atoms with van der Waals surface area (Å²) in [4.78, 5) is 30.5. The minimum Gasteiger partial charge on any atom is -0.388 e. The number of β-amino-alcohol motifs (C(OH)–C–C–N with tert-alkyl or cyclic N) is 1. The van der Waals surface area contributed by atoms with Crippen LogP contribution in [0.5, 0.6) is 0 Å². The second kappa shape index (κ2) is 12.8. The van der Waals surface area contributed by atoms with Gasteiger partial charge in [-0.3, -0.25) is 14.5 Å². The van der Waals surface area contributed by atoms with Crippen molar-refractivity contribution in [1.82, 2.24) is 14.7 Å². The van der Waals surface area contributed by atoms with Crippen LogP contribution in [0.4, 0.5) is 0 Å². The Morgan fingerprint density at radius 2 is 1.43 bits per heavy atom. The lowest BCUT2D eigenvalue weighted by Gasteiger charge is -2.44. The number of piperidine rings is 1. The highest BCUT2D eigenvalue weighted by molar-refractivity contribution is 5.77. The van der Waals surface area contributed by atoms with Crippen LogP contribution in [0, 0.1) is 0 Å².